The van der Waals surface area contributed by atoms with Crippen LogP contribution in [0.25, 0.3) is 0 Å². The second-order valence-electron chi connectivity index (χ2n) is 6.17. The lowest BCUT2D eigenvalue weighted by molar-refractivity contribution is 0.0372. The van der Waals surface area contributed by atoms with Gasteiger partial charge in [-0.25, -0.2) is 0 Å². The quantitative estimate of drug-likeness (QED) is 0.266. The van der Waals surface area contributed by atoms with Gasteiger partial charge in [0.15, 0.2) is 5.96 Å². The molecule has 1 heterocycles. The van der Waals surface area contributed by atoms with Crippen molar-refractivity contribution in [1.82, 2.24) is 15.5 Å². The van der Waals surface area contributed by atoms with E-state index in [1.165, 1.54) is 38.6 Å². The van der Waals surface area contributed by atoms with Gasteiger partial charge in [-0.1, -0.05) is 0 Å². The Hall–Kier alpha value is 0.270. The lowest BCUT2D eigenvalue weighted by Gasteiger charge is -2.26. The van der Waals surface area contributed by atoms with Gasteiger partial charge in [-0.2, -0.15) is 11.8 Å². The fourth-order valence-electron chi connectivity index (χ4n) is 3.17. The standard InChI is InChI=1S/C16H32N4OS.HI/c1-17-16(19-14-5-6-15(13-14)22-2)18-7-3-4-8-20-9-11-21-12-10-20;/h14-15H,3-13H2,1-2H3,(H2,17,18,19);1H. The number of unbranched alkanes of at least 4 members (excludes halogenated alkanes) is 1. The van der Waals surface area contributed by atoms with Gasteiger partial charge in [-0.15, -0.1) is 24.0 Å². The van der Waals surface area contributed by atoms with Crippen LogP contribution in [0.4, 0.5) is 0 Å². The van der Waals surface area contributed by atoms with Crippen LogP contribution in [-0.4, -0.2) is 74.8 Å². The average molecular weight is 456 g/mol. The van der Waals surface area contributed by atoms with E-state index in [0.29, 0.717) is 6.04 Å². The molecule has 0 spiro atoms. The molecule has 0 aromatic carbocycles. The van der Waals surface area contributed by atoms with Crippen molar-refractivity contribution in [2.24, 2.45) is 4.99 Å². The van der Waals surface area contributed by atoms with Gasteiger partial charge in [0.1, 0.15) is 0 Å². The van der Waals surface area contributed by atoms with Crippen molar-refractivity contribution in [2.75, 3.05) is 52.7 Å². The Bertz CT molecular complexity index is 340. The summed E-state index contributed by atoms with van der Waals surface area (Å²) >= 11 is 1.99. The highest BCUT2D eigenvalue weighted by Gasteiger charge is 2.24. The van der Waals surface area contributed by atoms with E-state index in [2.05, 4.69) is 26.8 Å². The lowest BCUT2D eigenvalue weighted by Crippen LogP contribution is -2.43. The number of guanidine groups is 1. The number of nitrogens with zero attached hydrogens (tertiary/aromatic N) is 2. The van der Waals surface area contributed by atoms with Crippen molar-refractivity contribution in [3.8, 4) is 0 Å². The molecule has 23 heavy (non-hydrogen) atoms. The van der Waals surface area contributed by atoms with Crippen LogP contribution in [0.2, 0.25) is 0 Å². The van der Waals surface area contributed by atoms with E-state index in [-0.39, 0.29) is 24.0 Å². The van der Waals surface area contributed by atoms with Gasteiger partial charge >= 0.3 is 0 Å². The van der Waals surface area contributed by atoms with Crippen LogP contribution in [-0.2, 0) is 4.74 Å². The maximum Gasteiger partial charge on any atom is 0.191 e. The second-order valence-corrected chi connectivity index (χ2v) is 7.31. The lowest BCUT2D eigenvalue weighted by atomic mass is 10.2. The molecule has 1 saturated carbocycles. The Balaban J connectivity index is 0.00000264. The molecule has 1 aliphatic carbocycles. The van der Waals surface area contributed by atoms with Crippen LogP contribution < -0.4 is 10.6 Å². The molecule has 2 aliphatic rings. The fraction of sp³-hybridized carbons (Fsp3) is 0.938. The van der Waals surface area contributed by atoms with Gasteiger partial charge in [0.25, 0.3) is 0 Å². The van der Waals surface area contributed by atoms with Crippen LogP contribution in [0.5, 0.6) is 0 Å². The summed E-state index contributed by atoms with van der Waals surface area (Å²) in [6, 6.07) is 0.594. The SMILES string of the molecule is CN=C(NCCCCN1CCOCC1)NC1CCC(SC)C1.I. The topological polar surface area (TPSA) is 48.9 Å². The molecule has 0 bridgehead atoms. The highest BCUT2D eigenvalue weighted by Crippen LogP contribution is 2.27. The molecule has 136 valence electrons. The molecule has 7 heteroatoms. The Morgan fingerprint density at radius 3 is 2.70 bits per heavy atom. The first-order chi connectivity index (χ1) is 10.8. The first-order valence-corrected chi connectivity index (χ1v) is 9.90. The smallest absolute Gasteiger partial charge is 0.191 e. The molecule has 0 aromatic rings. The number of ether oxygens (including phenoxy) is 1. The van der Waals surface area contributed by atoms with Crippen molar-refractivity contribution in [1.29, 1.82) is 0 Å². The number of nitrogens with one attached hydrogen (secondary N) is 2. The molecular weight excluding hydrogens is 423 g/mol. The number of hydrogen-bond donors (Lipinski definition) is 2. The Morgan fingerprint density at radius 2 is 2.04 bits per heavy atom. The second kappa shape index (κ2) is 12.6. The van der Waals surface area contributed by atoms with E-state index in [1.807, 2.05) is 18.8 Å². The third-order valence-electron chi connectivity index (χ3n) is 4.58. The Kier molecular flexibility index (Phi) is 11.7. The molecule has 2 atom stereocenters. The number of morpholine rings is 1. The fourth-order valence-corrected chi connectivity index (χ4v) is 3.96. The minimum Gasteiger partial charge on any atom is -0.379 e. The number of aliphatic imine (C=N–C) groups is 1. The predicted octanol–water partition coefficient (Wildman–Crippen LogP) is 2.17. The third kappa shape index (κ3) is 8.27. The Morgan fingerprint density at radius 1 is 1.26 bits per heavy atom. The van der Waals surface area contributed by atoms with Crippen LogP contribution in [0.3, 0.4) is 0 Å². The highest BCUT2D eigenvalue weighted by atomic mass is 127. The molecule has 0 radical (unpaired) electrons. The minimum atomic E-state index is 0. The molecule has 5 nitrogen and oxygen atoms in total. The normalized spacial score (nSPS) is 25.9. The molecule has 2 unspecified atom stereocenters. The molecule has 1 saturated heterocycles. The summed E-state index contributed by atoms with van der Waals surface area (Å²) in [4.78, 5) is 6.85. The summed E-state index contributed by atoms with van der Waals surface area (Å²) in [5, 5.41) is 7.85. The van der Waals surface area contributed by atoms with Crippen molar-refractivity contribution < 1.29 is 4.74 Å². The van der Waals surface area contributed by atoms with Gasteiger partial charge in [0.2, 0.25) is 0 Å². The summed E-state index contributed by atoms with van der Waals surface area (Å²) in [7, 11) is 1.87. The van der Waals surface area contributed by atoms with Crippen LogP contribution >= 0.6 is 35.7 Å². The Labute approximate surface area is 162 Å². The van der Waals surface area contributed by atoms with Gasteiger partial charge < -0.3 is 15.4 Å². The molecule has 0 aromatic heterocycles. The number of hydrogen-bond acceptors (Lipinski definition) is 4. The van der Waals surface area contributed by atoms with Crippen molar-refractivity contribution in [3.63, 3.8) is 0 Å². The van der Waals surface area contributed by atoms with Crippen LogP contribution in [0.1, 0.15) is 32.1 Å². The zero-order valence-corrected chi connectivity index (χ0v) is 17.7. The third-order valence-corrected chi connectivity index (χ3v) is 5.67. The van der Waals surface area contributed by atoms with Gasteiger partial charge in [0.05, 0.1) is 13.2 Å². The number of thioether (sulfide) groups is 1. The monoisotopic (exact) mass is 456 g/mol. The molecule has 0 amide bonds. The zero-order valence-electron chi connectivity index (χ0n) is 14.6. The molecule has 1 aliphatic heterocycles. The first-order valence-electron chi connectivity index (χ1n) is 8.62. The van der Waals surface area contributed by atoms with E-state index in [1.54, 1.807) is 0 Å². The van der Waals surface area contributed by atoms with E-state index >= 15 is 0 Å². The number of halogens is 1. The van der Waals surface area contributed by atoms with Crippen molar-refractivity contribution >= 4 is 41.7 Å². The maximum absolute atomic E-state index is 5.37. The summed E-state index contributed by atoms with van der Waals surface area (Å²) in [6.07, 6.45) is 8.50. The van der Waals surface area contributed by atoms with Crippen LogP contribution in [0, 0.1) is 0 Å². The van der Waals surface area contributed by atoms with E-state index in [4.69, 9.17) is 4.74 Å². The number of rotatable bonds is 7. The minimum absolute atomic E-state index is 0. The predicted molar refractivity (Wildman–Crippen MR) is 111 cm³/mol. The molecule has 2 fully saturated rings. The largest absolute Gasteiger partial charge is 0.379 e. The summed E-state index contributed by atoms with van der Waals surface area (Å²) in [5.74, 6) is 0.970. The average Bonchev–Trinajstić information content (AvgIpc) is 3.02. The van der Waals surface area contributed by atoms with Crippen molar-refractivity contribution in [2.45, 2.75) is 43.4 Å². The highest BCUT2D eigenvalue weighted by molar-refractivity contribution is 14.0. The van der Waals surface area contributed by atoms with Gasteiger partial charge in [0, 0.05) is 38.0 Å². The summed E-state index contributed by atoms with van der Waals surface area (Å²) in [6.45, 7) is 6.17. The summed E-state index contributed by atoms with van der Waals surface area (Å²) < 4.78 is 5.37. The van der Waals surface area contributed by atoms with E-state index < -0.39 is 0 Å². The molecule has 2 rings (SSSR count). The maximum atomic E-state index is 5.37. The first kappa shape index (κ1) is 21.3. The zero-order chi connectivity index (χ0) is 15.6. The van der Waals surface area contributed by atoms with Gasteiger partial charge in [-0.05, 0) is 44.9 Å². The van der Waals surface area contributed by atoms with E-state index in [9.17, 15) is 0 Å². The van der Waals surface area contributed by atoms with E-state index in [0.717, 1.165) is 44.1 Å². The van der Waals surface area contributed by atoms with Crippen LogP contribution in [0.15, 0.2) is 4.99 Å². The summed E-state index contributed by atoms with van der Waals surface area (Å²) in [5.41, 5.74) is 0. The molecule has 2 N–H and O–H groups in total. The van der Waals surface area contributed by atoms with Crippen molar-refractivity contribution in [3.05, 3.63) is 0 Å². The van der Waals surface area contributed by atoms with Gasteiger partial charge in [-0.3, -0.25) is 9.89 Å². The molecular formula is C16H33IN4OS.